The smallest absolute Gasteiger partial charge is 0.108 e. The summed E-state index contributed by atoms with van der Waals surface area (Å²) in [4.78, 5) is 1.92. The molecule has 0 aromatic heterocycles. The summed E-state index contributed by atoms with van der Waals surface area (Å²) in [6, 6.07) is 7.50. The summed E-state index contributed by atoms with van der Waals surface area (Å²) in [7, 11) is 3.82. The number of anilines is 1. The summed E-state index contributed by atoms with van der Waals surface area (Å²) in [5, 5.41) is 19.8. The standard InChI is InChI=1S/C11H16BrNO2/c1-13(2)9-6-4-3-5-8(9)11(15)10(14)7-12/h3-6,10-11,14-15H,7H2,1-2H3. The first-order valence-electron chi connectivity index (χ1n) is 4.76. The maximum absolute atomic E-state index is 9.91. The maximum atomic E-state index is 9.91. The summed E-state index contributed by atoms with van der Waals surface area (Å²) < 4.78 is 0. The molecule has 0 radical (unpaired) electrons. The molecule has 1 aromatic carbocycles. The van der Waals surface area contributed by atoms with Gasteiger partial charge in [0.2, 0.25) is 0 Å². The van der Waals surface area contributed by atoms with Gasteiger partial charge in [-0.3, -0.25) is 0 Å². The summed E-state index contributed by atoms with van der Waals surface area (Å²) in [5.74, 6) is 0. The van der Waals surface area contributed by atoms with Gasteiger partial charge in [-0.2, -0.15) is 0 Å². The van der Waals surface area contributed by atoms with E-state index in [4.69, 9.17) is 0 Å². The van der Waals surface area contributed by atoms with Crippen LogP contribution in [-0.4, -0.2) is 35.7 Å². The van der Waals surface area contributed by atoms with E-state index in [1.807, 2.05) is 43.3 Å². The van der Waals surface area contributed by atoms with Crippen LogP contribution < -0.4 is 4.90 Å². The Balaban J connectivity index is 3.02. The molecule has 0 saturated carbocycles. The Hall–Kier alpha value is -0.580. The molecule has 1 rings (SSSR count). The second kappa shape index (κ2) is 5.49. The van der Waals surface area contributed by atoms with Crippen molar-refractivity contribution in [3.63, 3.8) is 0 Å². The van der Waals surface area contributed by atoms with Gasteiger partial charge in [-0.05, 0) is 6.07 Å². The SMILES string of the molecule is CN(C)c1ccccc1C(O)C(O)CBr. The average molecular weight is 274 g/mol. The van der Waals surface area contributed by atoms with Gasteiger partial charge in [0, 0.05) is 30.7 Å². The van der Waals surface area contributed by atoms with Crippen LogP contribution in [-0.2, 0) is 0 Å². The minimum atomic E-state index is -0.858. The summed E-state index contributed by atoms with van der Waals surface area (Å²) in [6.07, 6.45) is -1.64. The molecule has 2 atom stereocenters. The summed E-state index contributed by atoms with van der Waals surface area (Å²) >= 11 is 3.15. The van der Waals surface area contributed by atoms with Crippen LogP contribution in [0.3, 0.4) is 0 Å². The number of hydrogen-bond donors (Lipinski definition) is 2. The van der Waals surface area contributed by atoms with Gasteiger partial charge in [0.1, 0.15) is 6.10 Å². The van der Waals surface area contributed by atoms with Gasteiger partial charge in [-0.1, -0.05) is 34.1 Å². The van der Waals surface area contributed by atoms with Gasteiger partial charge in [-0.25, -0.2) is 0 Å². The first-order valence-corrected chi connectivity index (χ1v) is 5.88. The van der Waals surface area contributed by atoms with E-state index >= 15 is 0 Å². The predicted molar refractivity (Wildman–Crippen MR) is 65.5 cm³/mol. The van der Waals surface area contributed by atoms with Gasteiger partial charge in [0.15, 0.2) is 0 Å². The number of nitrogens with zero attached hydrogens (tertiary/aromatic N) is 1. The molecule has 0 aliphatic carbocycles. The topological polar surface area (TPSA) is 43.7 Å². The van der Waals surface area contributed by atoms with E-state index in [-0.39, 0.29) is 0 Å². The highest BCUT2D eigenvalue weighted by Gasteiger charge is 2.20. The van der Waals surface area contributed by atoms with E-state index in [0.717, 1.165) is 11.3 Å². The Labute approximate surface area is 98.5 Å². The molecule has 15 heavy (non-hydrogen) atoms. The van der Waals surface area contributed by atoms with Crippen molar-refractivity contribution in [3.8, 4) is 0 Å². The molecule has 0 spiro atoms. The molecular weight excluding hydrogens is 258 g/mol. The van der Waals surface area contributed by atoms with Crippen LogP contribution in [0.2, 0.25) is 0 Å². The third-order valence-electron chi connectivity index (χ3n) is 2.26. The largest absolute Gasteiger partial charge is 0.389 e. The van der Waals surface area contributed by atoms with Crippen LogP contribution >= 0.6 is 15.9 Å². The Bertz CT molecular complexity index is 317. The van der Waals surface area contributed by atoms with Crippen molar-refractivity contribution in [1.82, 2.24) is 0 Å². The average Bonchev–Trinajstić information content (AvgIpc) is 2.27. The van der Waals surface area contributed by atoms with Gasteiger partial charge in [-0.15, -0.1) is 0 Å². The molecule has 2 unspecified atom stereocenters. The molecule has 0 aliphatic heterocycles. The number of alkyl halides is 1. The number of benzene rings is 1. The van der Waals surface area contributed by atoms with Gasteiger partial charge < -0.3 is 15.1 Å². The molecule has 1 aromatic rings. The van der Waals surface area contributed by atoms with E-state index in [1.165, 1.54) is 0 Å². The Morgan fingerprint density at radius 1 is 1.27 bits per heavy atom. The molecule has 3 nitrogen and oxygen atoms in total. The molecule has 84 valence electrons. The molecule has 0 saturated heterocycles. The van der Waals surface area contributed by atoms with Crippen molar-refractivity contribution in [1.29, 1.82) is 0 Å². The van der Waals surface area contributed by atoms with Crippen LogP contribution in [0.15, 0.2) is 24.3 Å². The molecule has 2 N–H and O–H groups in total. The zero-order valence-corrected chi connectivity index (χ0v) is 10.5. The van der Waals surface area contributed by atoms with Crippen LogP contribution in [0.1, 0.15) is 11.7 Å². The highest BCUT2D eigenvalue weighted by atomic mass is 79.9. The highest BCUT2D eigenvalue weighted by molar-refractivity contribution is 9.09. The summed E-state index contributed by atoms with van der Waals surface area (Å²) in [5.41, 5.74) is 1.67. The third-order valence-corrected chi connectivity index (χ3v) is 2.92. The lowest BCUT2D eigenvalue weighted by molar-refractivity contribution is 0.0346. The van der Waals surface area contributed by atoms with E-state index in [9.17, 15) is 10.2 Å². The maximum Gasteiger partial charge on any atom is 0.108 e. The normalized spacial score (nSPS) is 14.7. The zero-order chi connectivity index (χ0) is 11.4. The van der Waals surface area contributed by atoms with Gasteiger partial charge >= 0.3 is 0 Å². The molecule has 0 heterocycles. The minimum Gasteiger partial charge on any atom is -0.389 e. The van der Waals surface area contributed by atoms with Crippen LogP contribution in [0.25, 0.3) is 0 Å². The van der Waals surface area contributed by atoms with Gasteiger partial charge in [0.25, 0.3) is 0 Å². The molecule has 0 amide bonds. The Morgan fingerprint density at radius 3 is 2.40 bits per heavy atom. The number of aliphatic hydroxyl groups excluding tert-OH is 2. The van der Waals surface area contributed by atoms with E-state index in [0.29, 0.717) is 5.33 Å². The molecule has 4 heteroatoms. The molecule has 0 bridgehead atoms. The van der Waals surface area contributed by atoms with E-state index < -0.39 is 12.2 Å². The van der Waals surface area contributed by atoms with Crippen molar-refractivity contribution in [3.05, 3.63) is 29.8 Å². The van der Waals surface area contributed by atoms with Crippen molar-refractivity contribution < 1.29 is 10.2 Å². The number of halogens is 1. The van der Waals surface area contributed by atoms with Crippen LogP contribution in [0.5, 0.6) is 0 Å². The van der Waals surface area contributed by atoms with E-state index in [2.05, 4.69) is 15.9 Å². The van der Waals surface area contributed by atoms with Crippen LogP contribution in [0.4, 0.5) is 5.69 Å². The lowest BCUT2D eigenvalue weighted by Gasteiger charge is -2.23. The second-order valence-electron chi connectivity index (χ2n) is 3.62. The van der Waals surface area contributed by atoms with Crippen molar-refractivity contribution in [2.75, 3.05) is 24.3 Å². The lowest BCUT2D eigenvalue weighted by Crippen LogP contribution is -2.22. The number of hydrogen-bond acceptors (Lipinski definition) is 3. The first kappa shape index (κ1) is 12.5. The van der Waals surface area contributed by atoms with E-state index in [1.54, 1.807) is 0 Å². The number of para-hydroxylation sites is 1. The Morgan fingerprint density at radius 2 is 1.87 bits per heavy atom. The molecule has 0 aliphatic rings. The van der Waals surface area contributed by atoms with Gasteiger partial charge in [0.05, 0.1) is 6.10 Å². The third kappa shape index (κ3) is 2.93. The Kier molecular flexibility index (Phi) is 4.57. The van der Waals surface area contributed by atoms with Crippen molar-refractivity contribution in [2.45, 2.75) is 12.2 Å². The zero-order valence-electron chi connectivity index (χ0n) is 8.89. The molecule has 0 fully saturated rings. The number of aliphatic hydroxyl groups is 2. The lowest BCUT2D eigenvalue weighted by atomic mass is 10.0. The fourth-order valence-corrected chi connectivity index (χ4v) is 1.79. The first-order chi connectivity index (χ1) is 7.07. The van der Waals surface area contributed by atoms with Crippen molar-refractivity contribution in [2.24, 2.45) is 0 Å². The minimum absolute atomic E-state index is 0.357. The number of rotatable bonds is 4. The molecular formula is C11H16BrNO2. The summed E-state index contributed by atoms with van der Waals surface area (Å²) in [6.45, 7) is 0. The highest BCUT2D eigenvalue weighted by Crippen LogP contribution is 2.27. The fraction of sp³-hybridized carbons (Fsp3) is 0.455. The quantitative estimate of drug-likeness (QED) is 0.819. The van der Waals surface area contributed by atoms with Crippen LogP contribution in [0, 0.1) is 0 Å². The fourth-order valence-electron chi connectivity index (χ4n) is 1.44. The second-order valence-corrected chi connectivity index (χ2v) is 4.27. The monoisotopic (exact) mass is 273 g/mol. The van der Waals surface area contributed by atoms with Crippen molar-refractivity contribution >= 4 is 21.6 Å². The predicted octanol–water partition coefficient (Wildman–Crippen LogP) is 1.54.